The lowest BCUT2D eigenvalue weighted by Crippen LogP contribution is -2.20. The summed E-state index contributed by atoms with van der Waals surface area (Å²) in [6, 6.07) is 6.90. The van der Waals surface area contributed by atoms with Crippen LogP contribution in [-0.4, -0.2) is 11.8 Å². The van der Waals surface area contributed by atoms with E-state index in [2.05, 4.69) is 11.9 Å². The van der Waals surface area contributed by atoms with Crippen LogP contribution >= 0.6 is 0 Å². The van der Waals surface area contributed by atoms with Gasteiger partial charge in [0.15, 0.2) is 0 Å². The second-order valence-corrected chi connectivity index (χ2v) is 3.40. The van der Waals surface area contributed by atoms with Gasteiger partial charge in [-0.05, 0) is 11.6 Å². The molecule has 2 rings (SSSR count). The Morgan fingerprint density at radius 2 is 2.12 bits per heavy atom. The van der Waals surface area contributed by atoms with Gasteiger partial charge in [0.1, 0.15) is 0 Å². The van der Waals surface area contributed by atoms with E-state index in [9.17, 15) is 9.59 Å². The van der Waals surface area contributed by atoms with Crippen molar-refractivity contribution in [3.8, 4) is 6.07 Å². The van der Waals surface area contributed by atoms with Crippen molar-refractivity contribution in [3.05, 3.63) is 47.5 Å². The predicted molar refractivity (Wildman–Crippen MR) is 56.8 cm³/mol. The minimum atomic E-state index is -0.577. The first-order chi connectivity index (χ1) is 7.69. The normalized spacial score (nSPS) is 14.9. The van der Waals surface area contributed by atoms with Crippen molar-refractivity contribution >= 4 is 11.8 Å². The lowest BCUT2D eigenvalue weighted by molar-refractivity contribution is 0.0879. The predicted octanol–water partition coefficient (Wildman–Crippen LogP) is 1.36. The van der Waals surface area contributed by atoms with Crippen LogP contribution in [0.3, 0.4) is 0 Å². The molecule has 1 unspecified atom stereocenters. The summed E-state index contributed by atoms with van der Waals surface area (Å²) in [5.74, 6) is -1.44. The van der Waals surface area contributed by atoms with E-state index in [-0.39, 0.29) is 0 Å². The third-order valence-electron chi connectivity index (χ3n) is 2.51. The topological polar surface area (TPSA) is 70.0 Å². The van der Waals surface area contributed by atoms with E-state index in [0.29, 0.717) is 16.7 Å². The smallest absolute Gasteiger partial charge is 0.259 e. The lowest BCUT2D eigenvalue weighted by Gasteiger charge is -2.07. The van der Waals surface area contributed by atoms with Crippen molar-refractivity contribution < 1.29 is 9.59 Å². The van der Waals surface area contributed by atoms with Crippen molar-refractivity contribution in [2.75, 3.05) is 0 Å². The largest absolute Gasteiger partial charge is 0.288 e. The summed E-state index contributed by atoms with van der Waals surface area (Å²) in [5, 5.41) is 11.1. The molecule has 0 bridgehead atoms. The van der Waals surface area contributed by atoms with Gasteiger partial charge in [0, 0.05) is 0 Å². The third-order valence-corrected chi connectivity index (χ3v) is 2.51. The molecule has 2 amide bonds. The molecule has 1 aliphatic heterocycles. The van der Waals surface area contributed by atoms with E-state index in [4.69, 9.17) is 5.26 Å². The molecule has 0 fully saturated rings. The van der Waals surface area contributed by atoms with E-state index in [1.807, 2.05) is 6.07 Å². The van der Waals surface area contributed by atoms with Gasteiger partial charge >= 0.3 is 0 Å². The number of hydrogen-bond donors (Lipinski definition) is 1. The molecule has 78 valence electrons. The Bertz CT molecular complexity index is 540. The number of imide groups is 1. The van der Waals surface area contributed by atoms with Crippen LogP contribution in [0.4, 0.5) is 0 Å². The van der Waals surface area contributed by atoms with Gasteiger partial charge in [0.2, 0.25) is 0 Å². The van der Waals surface area contributed by atoms with Gasteiger partial charge in [0.05, 0.1) is 23.1 Å². The van der Waals surface area contributed by atoms with Gasteiger partial charge in [-0.25, -0.2) is 0 Å². The molecule has 1 atom stereocenters. The van der Waals surface area contributed by atoms with Crippen LogP contribution in [0, 0.1) is 11.3 Å². The molecule has 0 saturated carbocycles. The molecule has 4 heteroatoms. The second kappa shape index (κ2) is 3.63. The number of allylic oxidation sites excluding steroid dienone is 1. The zero-order valence-corrected chi connectivity index (χ0v) is 8.36. The number of benzene rings is 1. The van der Waals surface area contributed by atoms with Crippen molar-refractivity contribution in [2.45, 2.75) is 5.92 Å². The standard InChI is InChI=1S/C12H8N2O2/c1-2-7(6-13)8-4-3-5-9-10(8)12(16)14-11(9)15/h2-5,7H,1H2,(H,14,15,16). The van der Waals surface area contributed by atoms with Gasteiger partial charge in [-0.15, -0.1) is 6.58 Å². The number of amides is 2. The molecular formula is C12H8N2O2. The molecular weight excluding hydrogens is 204 g/mol. The molecule has 0 radical (unpaired) electrons. The third kappa shape index (κ3) is 1.30. The van der Waals surface area contributed by atoms with Crippen LogP contribution in [0.2, 0.25) is 0 Å². The fraction of sp³-hybridized carbons (Fsp3) is 0.0833. The van der Waals surface area contributed by atoms with Gasteiger partial charge < -0.3 is 0 Å². The maximum absolute atomic E-state index is 11.6. The fourth-order valence-electron chi connectivity index (χ4n) is 1.75. The summed E-state index contributed by atoms with van der Waals surface area (Å²) in [5.41, 5.74) is 1.14. The van der Waals surface area contributed by atoms with Crippen molar-refractivity contribution in [3.63, 3.8) is 0 Å². The number of nitrogens with zero attached hydrogens (tertiary/aromatic N) is 1. The number of nitriles is 1. The number of carbonyl (C=O) groups is 2. The van der Waals surface area contributed by atoms with Crippen LogP contribution in [0.25, 0.3) is 0 Å². The summed E-state index contributed by atoms with van der Waals surface area (Å²) in [7, 11) is 0. The Morgan fingerprint density at radius 1 is 1.38 bits per heavy atom. The van der Waals surface area contributed by atoms with E-state index < -0.39 is 17.7 Å². The van der Waals surface area contributed by atoms with E-state index in [1.165, 1.54) is 6.08 Å². The molecule has 1 aliphatic rings. The number of carbonyl (C=O) groups excluding carboxylic acids is 2. The Balaban J connectivity index is 2.67. The molecule has 4 nitrogen and oxygen atoms in total. The van der Waals surface area contributed by atoms with E-state index in [1.54, 1.807) is 18.2 Å². The summed E-state index contributed by atoms with van der Waals surface area (Å²) in [6.07, 6.45) is 1.45. The maximum atomic E-state index is 11.6. The highest BCUT2D eigenvalue weighted by molar-refractivity contribution is 6.22. The van der Waals surface area contributed by atoms with Crippen LogP contribution in [0.15, 0.2) is 30.9 Å². The molecule has 0 aromatic heterocycles. The Kier molecular flexibility index (Phi) is 2.29. The first-order valence-corrected chi connectivity index (χ1v) is 4.69. The molecule has 1 aromatic rings. The van der Waals surface area contributed by atoms with E-state index in [0.717, 1.165) is 0 Å². The van der Waals surface area contributed by atoms with Crippen molar-refractivity contribution in [2.24, 2.45) is 0 Å². The fourth-order valence-corrected chi connectivity index (χ4v) is 1.75. The summed E-state index contributed by atoms with van der Waals surface area (Å²) in [4.78, 5) is 22.9. The quantitative estimate of drug-likeness (QED) is 0.594. The minimum absolute atomic E-state index is 0.291. The van der Waals surface area contributed by atoms with Crippen LogP contribution in [0.1, 0.15) is 32.2 Å². The van der Waals surface area contributed by atoms with Gasteiger partial charge in [-0.3, -0.25) is 14.9 Å². The van der Waals surface area contributed by atoms with Gasteiger partial charge in [-0.1, -0.05) is 18.2 Å². The number of nitrogens with one attached hydrogen (secondary N) is 1. The zero-order chi connectivity index (χ0) is 11.7. The summed E-state index contributed by atoms with van der Waals surface area (Å²) < 4.78 is 0. The average Bonchev–Trinajstić information content (AvgIpc) is 2.57. The van der Waals surface area contributed by atoms with Gasteiger partial charge in [0.25, 0.3) is 11.8 Å². The monoisotopic (exact) mass is 212 g/mol. The highest BCUT2D eigenvalue weighted by Gasteiger charge is 2.30. The first kappa shape index (κ1) is 10.1. The number of rotatable bonds is 2. The SMILES string of the molecule is C=CC(C#N)c1cccc2c1C(=O)NC2=O. The van der Waals surface area contributed by atoms with Crippen LogP contribution in [0.5, 0.6) is 0 Å². The molecule has 1 heterocycles. The van der Waals surface area contributed by atoms with E-state index >= 15 is 0 Å². The Labute approximate surface area is 92.2 Å². The maximum Gasteiger partial charge on any atom is 0.259 e. The van der Waals surface area contributed by atoms with Crippen molar-refractivity contribution in [1.29, 1.82) is 5.26 Å². The molecule has 16 heavy (non-hydrogen) atoms. The molecule has 1 N–H and O–H groups in total. The average molecular weight is 212 g/mol. The zero-order valence-electron chi connectivity index (χ0n) is 8.36. The molecule has 0 saturated heterocycles. The number of fused-ring (bicyclic) bond motifs is 1. The molecule has 0 aliphatic carbocycles. The molecule has 0 spiro atoms. The lowest BCUT2D eigenvalue weighted by atomic mass is 9.93. The first-order valence-electron chi connectivity index (χ1n) is 4.69. The number of hydrogen-bond acceptors (Lipinski definition) is 3. The minimum Gasteiger partial charge on any atom is -0.288 e. The highest BCUT2D eigenvalue weighted by Crippen LogP contribution is 2.26. The Morgan fingerprint density at radius 3 is 2.75 bits per heavy atom. The summed E-state index contributed by atoms with van der Waals surface area (Å²) >= 11 is 0. The van der Waals surface area contributed by atoms with Crippen LogP contribution < -0.4 is 5.32 Å². The highest BCUT2D eigenvalue weighted by atomic mass is 16.2. The second-order valence-electron chi connectivity index (χ2n) is 3.40. The van der Waals surface area contributed by atoms with Crippen molar-refractivity contribution in [1.82, 2.24) is 5.32 Å². The Hall–Kier alpha value is -2.41. The van der Waals surface area contributed by atoms with Gasteiger partial charge in [-0.2, -0.15) is 5.26 Å². The molecule has 1 aromatic carbocycles. The summed E-state index contributed by atoms with van der Waals surface area (Å²) in [6.45, 7) is 3.54. The van der Waals surface area contributed by atoms with Crippen LogP contribution in [-0.2, 0) is 0 Å².